The summed E-state index contributed by atoms with van der Waals surface area (Å²) < 4.78 is 4.84. The zero-order chi connectivity index (χ0) is 6.57. The molecule has 1 unspecified atom stereocenters. The zero-order valence-electron chi connectivity index (χ0n) is 4.66. The number of alkyl halides is 1. The normalized spacial score (nSPS) is 13.4. The summed E-state index contributed by atoms with van der Waals surface area (Å²) in [6, 6.07) is 0. The molecule has 0 radical (unpaired) electrons. The van der Waals surface area contributed by atoms with Crippen molar-refractivity contribution in [3.05, 3.63) is 11.6 Å². The van der Waals surface area contributed by atoms with Crippen LogP contribution < -0.4 is 0 Å². The van der Waals surface area contributed by atoms with E-state index in [1.807, 2.05) is 6.92 Å². The summed E-state index contributed by atoms with van der Waals surface area (Å²) in [6.45, 7) is 5.78. The summed E-state index contributed by atoms with van der Waals surface area (Å²) in [4.78, 5) is 0. The molecule has 0 spiro atoms. The molecule has 0 N–H and O–H groups in total. The van der Waals surface area contributed by atoms with Crippen molar-refractivity contribution in [2.75, 3.05) is 6.61 Å². The van der Waals surface area contributed by atoms with Gasteiger partial charge in [0.05, 0.1) is 5.03 Å². The van der Waals surface area contributed by atoms with E-state index in [1.54, 1.807) is 0 Å². The van der Waals surface area contributed by atoms with Gasteiger partial charge in [-0.3, -0.25) is 0 Å². The smallest absolute Gasteiger partial charge is 0.166 e. The van der Waals surface area contributed by atoms with Gasteiger partial charge in [0.2, 0.25) is 0 Å². The van der Waals surface area contributed by atoms with Crippen molar-refractivity contribution in [1.82, 2.24) is 0 Å². The molecule has 1 atom stereocenters. The van der Waals surface area contributed by atoms with Crippen molar-refractivity contribution in [3.8, 4) is 0 Å². The van der Waals surface area contributed by atoms with Gasteiger partial charge < -0.3 is 4.74 Å². The van der Waals surface area contributed by atoms with Crippen LogP contribution in [0.5, 0.6) is 0 Å². The monoisotopic (exact) mass is 154 g/mol. The van der Waals surface area contributed by atoms with Crippen LogP contribution in [0.25, 0.3) is 0 Å². The van der Waals surface area contributed by atoms with E-state index < -0.39 is 5.56 Å². The van der Waals surface area contributed by atoms with E-state index >= 15 is 0 Å². The molecule has 3 heteroatoms. The topological polar surface area (TPSA) is 9.23 Å². The predicted octanol–water partition coefficient (Wildman–Crippen LogP) is 2.34. The minimum Gasteiger partial charge on any atom is -0.358 e. The summed E-state index contributed by atoms with van der Waals surface area (Å²) in [5, 5.41) is 0.327. The molecule has 0 aromatic rings. The maximum Gasteiger partial charge on any atom is 0.166 e. The highest BCUT2D eigenvalue weighted by atomic mass is 35.5. The molecule has 0 rings (SSSR count). The molecule has 0 heterocycles. The molecule has 0 aromatic carbocycles. The molecule has 0 bridgehead atoms. The second-order valence-corrected chi connectivity index (χ2v) is 2.10. The predicted molar refractivity (Wildman–Crippen MR) is 36.3 cm³/mol. The number of rotatable bonds is 3. The minimum atomic E-state index is -0.540. The van der Waals surface area contributed by atoms with Crippen molar-refractivity contribution in [2.24, 2.45) is 0 Å². The Morgan fingerprint density at radius 2 is 2.38 bits per heavy atom. The Morgan fingerprint density at radius 3 is 2.50 bits per heavy atom. The van der Waals surface area contributed by atoms with Gasteiger partial charge in [0.1, 0.15) is 0 Å². The Bertz CT molecular complexity index is 82.5. The number of ether oxygens (including phenoxy) is 1. The van der Waals surface area contributed by atoms with Crippen molar-refractivity contribution < 1.29 is 4.74 Å². The van der Waals surface area contributed by atoms with Gasteiger partial charge in [-0.05, 0) is 6.92 Å². The molecule has 0 saturated heterocycles. The fraction of sp³-hybridized carbons (Fsp3) is 0.600. The minimum absolute atomic E-state index is 0.327. The standard InChI is InChI=1S/C5H8Cl2O/c1-3-8-5(7)4(2)6/h5H,2-3H2,1H3. The molecular weight excluding hydrogens is 147 g/mol. The Kier molecular flexibility index (Phi) is 4.33. The van der Waals surface area contributed by atoms with Crippen LogP contribution in [0.4, 0.5) is 0 Å². The maximum absolute atomic E-state index is 5.46. The maximum atomic E-state index is 5.46. The molecule has 1 nitrogen and oxygen atoms in total. The van der Waals surface area contributed by atoms with Crippen molar-refractivity contribution in [2.45, 2.75) is 12.5 Å². The first-order chi connectivity index (χ1) is 3.68. The number of halogens is 2. The van der Waals surface area contributed by atoms with E-state index in [4.69, 9.17) is 27.9 Å². The fourth-order valence-corrected chi connectivity index (χ4v) is 0.426. The Morgan fingerprint density at radius 1 is 1.88 bits per heavy atom. The quantitative estimate of drug-likeness (QED) is 0.568. The lowest BCUT2D eigenvalue weighted by Gasteiger charge is -2.04. The first-order valence-corrected chi connectivity index (χ1v) is 3.10. The number of hydrogen-bond donors (Lipinski definition) is 0. The molecule has 0 fully saturated rings. The highest BCUT2D eigenvalue weighted by Crippen LogP contribution is 2.12. The highest BCUT2D eigenvalue weighted by molar-refractivity contribution is 6.36. The summed E-state index contributed by atoms with van der Waals surface area (Å²) in [6.07, 6.45) is 0. The molecule has 0 aromatic heterocycles. The third kappa shape index (κ3) is 3.30. The number of hydrogen-bond acceptors (Lipinski definition) is 1. The van der Waals surface area contributed by atoms with E-state index in [1.165, 1.54) is 0 Å². The molecule has 8 heavy (non-hydrogen) atoms. The molecule has 0 aliphatic carbocycles. The average molecular weight is 155 g/mol. The van der Waals surface area contributed by atoms with Crippen molar-refractivity contribution in [1.29, 1.82) is 0 Å². The van der Waals surface area contributed by atoms with Crippen LogP contribution in [0.15, 0.2) is 11.6 Å². The third-order valence-electron chi connectivity index (χ3n) is 0.559. The van der Waals surface area contributed by atoms with Crippen LogP contribution in [0.3, 0.4) is 0 Å². The van der Waals surface area contributed by atoms with Crippen LogP contribution in [0.2, 0.25) is 0 Å². The van der Waals surface area contributed by atoms with E-state index in [0.29, 0.717) is 11.6 Å². The summed E-state index contributed by atoms with van der Waals surface area (Å²) in [5.41, 5.74) is -0.540. The van der Waals surface area contributed by atoms with Crippen LogP contribution in [0.1, 0.15) is 6.92 Å². The van der Waals surface area contributed by atoms with Crippen molar-refractivity contribution >= 4 is 23.2 Å². The second kappa shape index (κ2) is 4.19. The summed E-state index contributed by atoms with van der Waals surface area (Å²) in [5.74, 6) is 0. The molecule has 0 amide bonds. The summed E-state index contributed by atoms with van der Waals surface area (Å²) >= 11 is 10.8. The first kappa shape index (κ1) is 8.28. The fourth-order valence-electron chi connectivity index (χ4n) is 0.237. The second-order valence-electron chi connectivity index (χ2n) is 1.22. The van der Waals surface area contributed by atoms with Crippen LogP contribution in [-0.2, 0) is 4.74 Å². The van der Waals surface area contributed by atoms with Crippen LogP contribution >= 0.6 is 23.2 Å². The van der Waals surface area contributed by atoms with Gasteiger partial charge in [0.25, 0.3) is 0 Å². The van der Waals surface area contributed by atoms with Gasteiger partial charge in [0.15, 0.2) is 5.56 Å². The van der Waals surface area contributed by atoms with Gasteiger partial charge >= 0.3 is 0 Å². The van der Waals surface area contributed by atoms with E-state index in [9.17, 15) is 0 Å². The zero-order valence-corrected chi connectivity index (χ0v) is 6.17. The first-order valence-electron chi connectivity index (χ1n) is 2.28. The van der Waals surface area contributed by atoms with Crippen molar-refractivity contribution in [3.63, 3.8) is 0 Å². The van der Waals surface area contributed by atoms with E-state index in [-0.39, 0.29) is 0 Å². The molecule has 48 valence electrons. The van der Waals surface area contributed by atoms with Crippen LogP contribution in [0, 0.1) is 0 Å². The Hall–Kier alpha value is 0.280. The highest BCUT2D eigenvalue weighted by Gasteiger charge is 2.03. The lowest BCUT2D eigenvalue weighted by atomic mass is 10.7. The van der Waals surface area contributed by atoms with Gasteiger partial charge in [-0.2, -0.15) is 0 Å². The van der Waals surface area contributed by atoms with E-state index in [0.717, 1.165) is 0 Å². The van der Waals surface area contributed by atoms with Gasteiger partial charge in [0, 0.05) is 6.61 Å². The third-order valence-corrected chi connectivity index (χ3v) is 1.26. The lowest BCUT2D eigenvalue weighted by Crippen LogP contribution is -2.02. The molecule has 0 aliphatic heterocycles. The largest absolute Gasteiger partial charge is 0.358 e. The molecule has 0 saturated carbocycles. The van der Waals surface area contributed by atoms with Crippen LogP contribution in [-0.4, -0.2) is 12.2 Å². The SMILES string of the molecule is C=C(Cl)C(Cl)OCC. The van der Waals surface area contributed by atoms with E-state index in [2.05, 4.69) is 6.58 Å². The molecule has 0 aliphatic rings. The average Bonchev–Trinajstić information content (AvgIpc) is 1.67. The Balaban J connectivity index is 3.32. The lowest BCUT2D eigenvalue weighted by molar-refractivity contribution is 0.147. The van der Waals surface area contributed by atoms with Gasteiger partial charge in [-0.15, -0.1) is 0 Å². The molecular formula is C5H8Cl2O. The Labute approximate surface area is 59.2 Å². The van der Waals surface area contributed by atoms with Gasteiger partial charge in [-0.1, -0.05) is 29.8 Å². The van der Waals surface area contributed by atoms with Gasteiger partial charge in [-0.25, -0.2) is 0 Å². The summed E-state index contributed by atoms with van der Waals surface area (Å²) in [7, 11) is 0.